The number of nitrogens with two attached hydrogens (primary N) is 1. The highest BCUT2D eigenvalue weighted by Gasteiger charge is 2.40. The van der Waals surface area contributed by atoms with Gasteiger partial charge in [0, 0.05) is 12.1 Å². The van der Waals surface area contributed by atoms with Crippen molar-refractivity contribution in [2.75, 3.05) is 13.7 Å². The summed E-state index contributed by atoms with van der Waals surface area (Å²) < 4.78 is 44.7. The highest BCUT2D eigenvalue weighted by atomic mass is 35.5. The van der Waals surface area contributed by atoms with Crippen LogP contribution in [0.5, 0.6) is 5.75 Å². The first-order valence-corrected chi connectivity index (χ1v) is 8.92. The highest BCUT2D eigenvalue weighted by Crippen LogP contribution is 2.34. The minimum absolute atomic E-state index is 0.138. The molecule has 0 aliphatic rings. The van der Waals surface area contributed by atoms with Gasteiger partial charge in [0.15, 0.2) is 5.60 Å². The number of hydrogen-bond donors (Lipinski definition) is 2. The highest BCUT2D eigenvalue weighted by molar-refractivity contribution is 6.31. The van der Waals surface area contributed by atoms with E-state index in [1.807, 2.05) is 27.7 Å². The molecule has 0 bridgehead atoms. The molecule has 1 heterocycles. The predicted molar refractivity (Wildman–Crippen MR) is 103 cm³/mol. The van der Waals surface area contributed by atoms with Crippen LogP contribution in [-0.2, 0) is 5.60 Å². The molecule has 0 saturated carbocycles. The number of ether oxygens (including phenoxy) is 1. The van der Waals surface area contributed by atoms with Crippen molar-refractivity contribution in [3.8, 4) is 17.0 Å². The molecule has 4 nitrogen and oxygen atoms in total. The van der Waals surface area contributed by atoms with Gasteiger partial charge in [-0.25, -0.2) is 18.2 Å². The number of aliphatic hydroxyl groups is 1. The van der Waals surface area contributed by atoms with E-state index in [4.69, 9.17) is 22.1 Å². The molecular formula is C19H26ClF3N2O2. The van der Waals surface area contributed by atoms with Crippen molar-refractivity contribution in [3.05, 3.63) is 46.9 Å². The van der Waals surface area contributed by atoms with Crippen molar-refractivity contribution in [2.45, 2.75) is 39.7 Å². The lowest BCUT2D eigenvalue weighted by molar-refractivity contribution is -0.0975. The van der Waals surface area contributed by atoms with Crippen LogP contribution in [0.3, 0.4) is 0 Å². The zero-order chi connectivity index (χ0) is 21.2. The summed E-state index contributed by atoms with van der Waals surface area (Å²) in [5, 5.41) is 9.88. The maximum absolute atomic E-state index is 13.3. The summed E-state index contributed by atoms with van der Waals surface area (Å²) in [6.07, 6.45) is -3.13. The number of hydrogen-bond acceptors (Lipinski definition) is 4. The summed E-state index contributed by atoms with van der Waals surface area (Å²) in [6.45, 7) is 7.29. The molecule has 0 aliphatic carbocycles. The fourth-order valence-electron chi connectivity index (χ4n) is 2.01. The molecule has 1 atom stereocenters. The van der Waals surface area contributed by atoms with Crippen molar-refractivity contribution >= 4 is 11.6 Å². The molecule has 0 spiro atoms. The van der Waals surface area contributed by atoms with E-state index < -0.39 is 24.4 Å². The average Bonchev–Trinajstić information content (AvgIpc) is 2.71. The second-order valence-electron chi connectivity index (χ2n) is 4.81. The van der Waals surface area contributed by atoms with E-state index in [2.05, 4.69) is 4.98 Å². The van der Waals surface area contributed by atoms with Crippen LogP contribution < -0.4 is 10.5 Å². The standard InChI is InChI=1S/C15H14ClF3N2O2.2C2H6/c1-23-11-4-5-12(15(22,7-20)14(18)19)21-13(11)8-2-3-10(17)9(16)6-8;2*1-2/h2-6,14,22H,7,20H2,1H3;2*1-2H3. The molecule has 0 amide bonds. The van der Waals surface area contributed by atoms with Gasteiger partial charge in [-0.2, -0.15) is 0 Å². The Kier molecular flexibility index (Phi) is 11.0. The van der Waals surface area contributed by atoms with E-state index in [0.717, 1.165) is 6.07 Å². The quantitative estimate of drug-likeness (QED) is 0.732. The van der Waals surface area contributed by atoms with Gasteiger partial charge in [-0.1, -0.05) is 39.3 Å². The molecule has 0 fully saturated rings. The molecule has 2 aromatic rings. The third kappa shape index (κ3) is 5.82. The molecule has 1 unspecified atom stereocenters. The van der Waals surface area contributed by atoms with Crippen LogP contribution >= 0.6 is 11.6 Å². The van der Waals surface area contributed by atoms with Gasteiger partial charge in [-0.05, 0) is 30.3 Å². The molecular weight excluding hydrogens is 381 g/mol. The normalized spacial score (nSPS) is 12.3. The number of benzene rings is 1. The van der Waals surface area contributed by atoms with Crippen LogP contribution in [0.25, 0.3) is 11.3 Å². The van der Waals surface area contributed by atoms with Crippen LogP contribution in [0.4, 0.5) is 13.2 Å². The zero-order valence-corrected chi connectivity index (χ0v) is 16.8. The van der Waals surface area contributed by atoms with E-state index in [9.17, 15) is 18.3 Å². The maximum Gasteiger partial charge on any atom is 0.273 e. The van der Waals surface area contributed by atoms with Gasteiger partial charge in [0.2, 0.25) is 0 Å². The van der Waals surface area contributed by atoms with Crippen LogP contribution in [-0.4, -0.2) is 30.2 Å². The predicted octanol–water partition coefficient (Wildman–Crippen LogP) is 5.01. The number of pyridine rings is 1. The third-order valence-electron chi connectivity index (χ3n) is 3.39. The molecule has 8 heteroatoms. The molecule has 27 heavy (non-hydrogen) atoms. The minimum Gasteiger partial charge on any atom is -0.494 e. The number of aromatic nitrogens is 1. The number of methoxy groups -OCH3 is 1. The molecule has 1 aromatic heterocycles. The maximum atomic E-state index is 13.3. The van der Waals surface area contributed by atoms with Gasteiger partial charge < -0.3 is 15.6 Å². The first-order valence-electron chi connectivity index (χ1n) is 8.55. The second kappa shape index (κ2) is 11.8. The summed E-state index contributed by atoms with van der Waals surface area (Å²) in [5.74, 6) is -0.373. The van der Waals surface area contributed by atoms with Gasteiger partial charge in [-0.15, -0.1) is 0 Å². The molecule has 1 aromatic carbocycles. The monoisotopic (exact) mass is 406 g/mol. The van der Waals surface area contributed by atoms with Gasteiger partial charge in [0.25, 0.3) is 6.43 Å². The number of nitrogens with zero attached hydrogens (tertiary/aromatic N) is 1. The van der Waals surface area contributed by atoms with Crippen molar-refractivity contribution in [2.24, 2.45) is 5.73 Å². The Labute approximate surface area is 163 Å². The van der Waals surface area contributed by atoms with E-state index in [0.29, 0.717) is 5.56 Å². The van der Waals surface area contributed by atoms with Gasteiger partial charge >= 0.3 is 0 Å². The molecule has 3 N–H and O–H groups in total. The van der Waals surface area contributed by atoms with Crippen molar-refractivity contribution in [1.82, 2.24) is 4.98 Å². The van der Waals surface area contributed by atoms with E-state index >= 15 is 0 Å². The fraction of sp³-hybridized carbons (Fsp3) is 0.421. The summed E-state index contributed by atoms with van der Waals surface area (Å²) in [4.78, 5) is 4.03. The summed E-state index contributed by atoms with van der Waals surface area (Å²) in [6, 6.07) is 6.35. The van der Waals surface area contributed by atoms with Crippen molar-refractivity contribution in [1.29, 1.82) is 0 Å². The Morgan fingerprint density at radius 1 is 1.19 bits per heavy atom. The molecule has 0 aliphatic heterocycles. The number of halogens is 4. The van der Waals surface area contributed by atoms with E-state index in [1.165, 1.54) is 31.4 Å². The lowest BCUT2D eigenvalue weighted by atomic mass is 9.98. The largest absolute Gasteiger partial charge is 0.494 e. The third-order valence-corrected chi connectivity index (χ3v) is 3.68. The topological polar surface area (TPSA) is 68.4 Å². The Morgan fingerprint density at radius 3 is 2.22 bits per heavy atom. The summed E-state index contributed by atoms with van der Waals surface area (Å²) in [7, 11) is 1.37. The van der Waals surface area contributed by atoms with E-state index in [-0.39, 0.29) is 22.2 Å². The molecule has 152 valence electrons. The molecule has 0 radical (unpaired) electrons. The summed E-state index contributed by atoms with van der Waals surface area (Å²) in [5.41, 5.74) is 2.85. The van der Waals surface area contributed by atoms with E-state index in [1.54, 1.807) is 0 Å². The van der Waals surface area contributed by atoms with Crippen molar-refractivity contribution < 1.29 is 23.0 Å². The molecule has 2 rings (SSSR count). The lowest BCUT2D eigenvalue weighted by Crippen LogP contribution is -2.42. The van der Waals surface area contributed by atoms with Crippen LogP contribution in [0.1, 0.15) is 33.4 Å². The Morgan fingerprint density at radius 2 is 1.78 bits per heavy atom. The average molecular weight is 407 g/mol. The van der Waals surface area contributed by atoms with Crippen LogP contribution in [0.15, 0.2) is 30.3 Å². The van der Waals surface area contributed by atoms with Gasteiger partial charge in [0.05, 0.1) is 17.8 Å². The Bertz CT molecular complexity index is 717. The lowest BCUT2D eigenvalue weighted by Gasteiger charge is -2.25. The molecule has 0 saturated heterocycles. The minimum atomic E-state index is -3.13. The SMILES string of the molecule is CC.CC.COc1ccc(C(O)(CN)C(F)F)nc1-c1ccc(F)c(Cl)c1. The van der Waals surface area contributed by atoms with Crippen molar-refractivity contribution in [3.63, 3.8) is 0 Å². The van der Waals surface area contributed by atoms with Crippen LogP contribution in [0, 0.1) is 5.82 Å². The smallest absolute Gasteiger partial charge is 0.273 e. The van der Waals surface area contributed by atoms with Gasteiger partial charge in [-0.3, -0.25) is 0 Å². The fourth-order valence-corrected chi connectivity index (χ4v) is 2.19. The van der Waals surface area contributed by atoms with Gasteiger partial charge in [0.1, 0.15) is 17.3 Å². The number of rotatable bonds is 5. The first-order chi connectivity index (χ1) is 12.8. The first kappa shape index (κ1) is 25.2. The Balaban J connectivity index is 0.00000158. The zero-order valence-electron chi connectivity index (χ0n) is 16.1. The number of alkyl halides is 2. The Hall–Kier alpha value is -1.83. The second-order valence-corrected chi connectivity index (χ2v) is 5.21. The van der Waals surface area contributed by atoms with Crippen LogP contribution in [0.2, 0.25) is 5.02 Å². The summed E-state index contributed by atoms with van der Waals surface area (Å²) >= 11 is 5.73.